The van der Waals surface area contributed by atoms with Gasteiger partial charge in [0, 0.05) is 111 Å². The highest BCUT2D eigenvalue weighted by molar-refractivity contribution is 9.10. The van der Waals surface area contributed by atoms with Crippen LogP contribution in [-0.4, -0.2) is 128 Å². The molecule has 0 bridgehead atoms. The van der Waals surface area contributed by atoms with Crippen molar-refractivity contribution < 1.29 is 24.7 Å². The summed E-state index contributed by atoms with van der Waals surface area (Å²) in [6, 6.07) is 25.4. The van der Waals surface area contributed by atoms with Gasteiger partial charge in [-0.2, -0.15) is 10.2 Å². The molecule has 0 aliphatic carbocycles. The average molecular weight is 1190 g/mol. The Morgan fingerprint density at radius 1 is 0.687 bits per heavy atom. The second-order valence-corrected chi connectivity index (χ2v) is 21.8. The van der Waals surface area contributed by atoms with Gasteiger partial charge in [-0.05, 0) is 127 Å². The second-order valence-electron chi connectivity index (χ2n) is 20.9. The van der Waals surface area contributed by atoms with Crippen molar-refractivity contribution in [2.45, 2.75) is 92.4 Å². The number of benzene rings is 3. The Kier molecular flexibility index (Phi) is 20.0. The number of nitrogen functional groups attached to an aromatic ring is 1. The van der Waals surface area contributed by atoms with Crippen LogP contribution >= 0.6 is 15.9 Å². The molecule has 2 fully saturated rings. The van der Waals surface area contributed by atoms with Gasteiger partial charge in [-0.3, -0.25) is 10.2 Å². The molecule has 3 aromatic carbocycles. The maximum Gasteiger partial charge on any atom is 0.498 e. The topological polar surface area (TPSA) is 237 Å². The normalized spacial score (nSPS) is 15.9. The molecule has 2 aliphatic heterocycles. The summed E-state index contributed by atoms with van der Waals surface area (Å²) in [4.78, 5) is 48.8. The predicted octanol–water partition coefficient (Wildman–Crippen LogP) is 9.73. The number of aromatic nitrogens is 12. The monoisotopic (exact) mass is 1190 g/mol. The molecule has 432 valence electrons. The zero-order valence-electron chi connectivity index (χ0n) is 48.5. The number of likely N-dealkylation sites (tertiary alicyclic amines) is 1. The van der Waals surface area contributed by atoms with Crippen LogP contribution in [0.25, 0.3) is 33.9 Å². The number of nitrogens with one attached hydrogen (secondary N) is 2. The number of urea groups is 1. The number of methoxy groups -OCH3 is 1. The van der Waals surface area contributed by atoms with Gasteiger partial charge in [0.2, 0.25) is 0 Å². The van der Waals surface area contributed by atoms with Gasteiger partial charge in [0.15, 0.2) is 0 Å². The molecular weight excluding hydrogens is 1120 g/mol. The van der Waals surface area contributed by atoms with E-state index in [4.69, 9.17) is 24.9 Å². The third-order valence-corrected chi connectivity index (χ3v) is 14.7. The number of nitrogens with two attached hydrogens (primary N) is 1. The number of nitrogens with zero attached hydrogens (tertiary/aromatic N) is 13. The lowest BCUT2D eigenvalue weighted by Crippen LogP contribution is -2.42. The van der Waals surface area contributed by atoms with E-state index in [0.29, 0.717) is 42.9 Å². The number of anilines is 2. The SMILES string of the molecule is COCCN1C[C@@H](NC(=O)Nc2c(C)c(-c3cnc(C)nc3)nn2-c2ccccc2)[C@H](c2cccc(F)c2)C1.Cc1ncc(-c2nn(-c3ccccc3)c(N)c2C)cn1.Cc1ncc(B2OC(C)(C)C(C)(C)O2)cn1.Cc1ncc(Br)cn1.[2HH]. The molecule has 83 heavy (non-hydrogen) atoms. The maximum absolute atomic E-state index is 14.1. The molecule has 9 aromatic rings. The molecule has 2 amide bonds. The molecule has 2 atom stereocenters. The van der Waals surface area contributed by atoms with E-state index in [0.717, 1.165) is 78.8 Å². The van der Waals surface area contributed by atoms with Gasteiger partial charge >= 0.3 is 13.1 Å². The molecule has 2 aliphatic rings. The number of hydrogen-bond donors (Lipinski definition) is 3. The van der Waals surface area contributed by atoms with Crippen molar-refractivity contribution in [1.29, 1.82) is 0 Å². The van der Waals surface area contributed by atoms with Gasteiger partial charge < -0.3 is 25.1 Å². The van der Waals surface area contributed by atoms with Gasteiger partial charge in [0.1, 0.15) is 52.1 Å². The van der Waals surface area contributed by atoms with E-state index in [1.54, 1.807) is 78.2 Å². The van der Waals surface area contributed by atoms with E-state index >= 15 is 0 Å². The maximum atomic E-state index is 14.1. The molecule has 4 N–H and O–H groups in total. The molecule has 20 nitrogen and oxygen atoms in total. The van der Waals surface area contributed by atoms with Gasteiger partial charge in [0.05, 0.1) is 39.7 Å². The quantitative estimate of drug-likeness (QED) is 0.102. The van der Waals surface area contributed by atoms with Crippen LogP contribution in [0.1, 0.15) is 75.0 Å². The number of aryl methyl sites for hydroxylation is 4. The summed E-state index contributed by atoms with van der Waals surface area (Å²) in [5, 5.41) is 15.6. The van der Waals surface area contributed by atoms with Crippen LogP contribution in [-0.2, 0) is 14.0 Å². The predicted molar refractivity (Wildman–Crippen MR) is 325 cm³/mol. The summed E-state index contributed by atoms with van der Waals surface area (Å²) in [6.07, 6.45) is 14.0. The third-order valence-electron chi connectivity index (χ3n) is 14.3. The summed E-state index contributed by atoms with van der Waals surface area (Å²) in [7, 11) is 1.30. The molecule has 0 spiro atoms. The van der Waals surface area contributed by atoms with Crippen LogP contribution in [0, 0.1) is 47.4 Å². The highest BCUT2D eigenvalue weighted by Crippen LogP contribution is 2.37. The first-order chi connectivity index (χ1) is 39.7. The van der Waals surface area contributed by atoms with Gasteiger partial charge in [-0.15, -0.1) is 0 Å². The van der Waals surface area contributed by atoms with Gasteiger partial charge in [-0.25, -0.2) is 58.4 Å². The lowest BCUT2D eigenvalue weighted by Gasteiger charge is -2.32. The van der Waals surface area contributed by atoms with Crippen molar-refractivity contribution in [3.05, 3.63) is 185 Å². The Morgan fingerprint density at radius 3 is 1.67 bits per heavy atom. The van der Waals surface area contributed by atoms with Crippen LogP contribution in [0.15, 0.2) is 139 Å². The van der Waals surface area contributed by atoms with Gasteiger partial charge in [-0.1, -0.05) is 48.5 Å². The van der Waals surface area contributed by atoms with E-state index < -0.39 is 0 Å². The fourth-order valence-electron chi connectivity index (χ4n) is 8.95. The number of carbonyl (C=O) groups excluding carboxylic acids is 1. The summed E-state index contributed by atoms with van der Waals surface area (Å²) in [6.45, 7) is 22.0. The lowest BCUT2D eigenvalue weighted by atomic mass is 9.81. The molecule has 6 aromatic heterocycles. The summed E-state index contributed by atoms with van der Waals surface area (Å²) in [5.74, 6) is 3.78. The van der Waals surface area contributed by atoms with E-state index in [1.807, 2.05) is 136 Å². The highest BCUT2D eigenvalue weighted by atomic mass is 79.9. The van der Waals surface area contributed by atoms with E-state index in [9.17, 15) is 9.18 Å². The van der Waals surface area contributed by atoms with Crippen molar-refractivity contribution in [2.24, 2.45) is 0 Å². The van der Waals surface area contributed by atoms with Crippen LogP contribution in [0.5, 0.6) is 0 Å². The van der Waals surface area contributed by atoms with Crippen molar-refractivity contribution in [3.63, 3.8) is 0 Å². The molecule has 0 saturated carbocycles. The molecule has 0 unspecified atom stereocenters. The third kappa shape index (κ3) is 15.5. The molecule has 8 heterocycles. The minimum absolute atomic E-state index is 0. The summed E-state index contributed by atoms with van der Waals surface area (Å²) in [5.41, 5.74) is 13.8. The van der Waals surface area contributed by atoms with E-state index in [-0.39, 0.29) is 43.6 Å². The largest absolute Gasteiger partial charge is 0.498 e. The second kappa shape index (κ2) is 27.2. The molecule has 11 rings (SSSR count). The number of ether oxygens (including phenoxy) is 1. The fourth-order valence-corrected chi connectivity index (χ4v) is 9.16. The number of halogens is 2. The van der Waals surface area contributed by atoms with Crippen molar-refractivity contribution in [3.8, 4) is 33.9 Å². The van der Waals surface area contributed by atoms with Crippen LogP contribution in [0.3, 0.4) is 0 Å². The summed E-state index contributed by atoms with van der Waals surface area (Å²) >= 11 is 3.22. The number of para-hydroxylation sites is 2. The first-order valence-corrected chi connectivity index (χ1v) is 27.8. The van der Waals surface area contributed by atoms with Gasteiger partial charge in [0.25, 0.3) is 0 Å². The Labute approximate surface area is 493 Å². The number of amides is 2. The molecule has 23 heteroatoms. The average Bonchev–Trinajstić information content (AvgIpc) is 4.00. The zero-order valence-corrected chi connectivity index (χ0v) is 50.1. The van der Waals surface area contributed by atoms with Crippen molar-refractivity contribution >= 4 is 46.2 Å². The van der Waals surface area contributed by atoms with Crippen molar-refractivity contribution in [2.75, 3.05) is 44.4 Å². The van der Waals surface area contributed by atoms with E-state index in [2.05, 4.69) is 76.4 Å². The molecular formula is C60H71BBrFN16O4. The van der Waals surface area contributed by atoms with Crippen LogP contribution in [0.2, 0.25) is 0 Å². The fraction of sp³-hybridized carbons (Fsp3) is 0.317. The standard InChI is InChI=1S/C29H32FN7O2.C15H15N5.C11H17BN2O2.C5H5BrN2.H2/c1-19-27(22-15-31-20(2)32-16-22)35-37(24-10-5-4-6-11-24)28(19)34-29(38)33-26-18-36(12-13-39-3)17-25(26)21-8-7-9-23(30)14-21;1-10-14(12-8-17-11(2)18-9-12)19-20(15(10)16)13-6-4-3-5-7-13;1-8-13-6-9(7-14-8)12-15-10(2,3)11(4,5)16-12;1-4-7-2-5(6)3-8-4;/h4-11,14-16,25-26H,12-13,17-18H2,1-3H3,(H2,33,34,38);3-9H,16H2,1-2H3;6-7H,1-5H3;2-3H,1H3;1H/t25-,26+;;;;/m0..../s1/i;;;;1+1. The minimum Gasteiger partial charge on any atom is -0.399 e. The zero-order chi connectivity index (χ0) is 59.4. The number of carbonyl (C=O) groups is 1. The number of rotatable bonds is 11. The lowest BCUT2D eigenvalue weighted by molar-refractivity contribution is 0.00578. The van der Waals surface area contributed by atoms with E-state index in [1.165, 1.54) is 6.07 Å². The molecule has 0 radical (unpaired) electrons. The first-order valence-electron chi connectivity index (χ1n) is 27.0. The molecule has 2 saturated heterocycles. The Hall–Kier alpha value is -8.22. The Morgan fingerprint density at radius 2 is 1.17 bits per heavy atom. The highest BCUT2D eigenvalue weighted by Gasteiger charge is 2.52. The van der Waals surface area contributed by atoms with Crippen LogP contribution < -0.4 is 21.8 Å². The minimum atomic E-state index is -0.370. The Balaban J connectivity index is 0.000000186. The van der Waals surface area contributed by atoms with Crippen molar-refractivity contribution in [1.82, 2.24) is 69.6 Å². The van der Waals surface area contributed by atoms with Crippen LogP contribution in [0.4, 0.5) is 20.8 Å². The number of hydrogen-bond acceptors (Lipinski definition) is 16. The first kappa shape index (κ1) is 60.9. The summed E-state index contributed by atoms with van der Waals surface area (Å²) < 4.78 is 35.5. The Bertz CT molecular complexity index is 3530. The smallest absolute Gasteiger partial charge is 0.399 e.